The van der Waals surface area contributed by atoms with Gasteiger partial charge >= 0.3 is 0 Å². The molecule has 1 aromatic heterocycles. The third-order valence-electron chi connectivity index (χ3n) is 3.34. The number of benzene rings is 2. The van der Waals surface area contributed by atoms with E-state index in [1.54, 1.807) is 0 Å². The standard InChI is InChI=1S/C18H14N4O3/c23-15-8-4-7-13(9-15)17(24)21-22-18(25)14-10-19-16(20-11-14)12-5-2-1-3-6-12/h1-11,23H,(H,21,24)(H,22,25). The Kier molecular flexibility index (Phi) is 4.66. The summed E-state index contributed by atoms with van der Waals surface area (Å²) in [5.74, 6) is -0.635. The minimum Gasteiger partial charge on any atom is -0.508 e. The first-order chi connectivity index (χ1) is 12.1. The molecule has 124 valence electrons. The number of nitrogens with one attached hydrogen (secondary N) is 2. The number of aromatic hydroxyl groups is 1. The van der Waals surface area contributed by atoms with Gasteiger partial charge < -0.3 is 5.11 Å². The van der Waals surface area contributed by atoms with Crippen molar-refractivity contribution in [2.75, 3.05) is 0 Å². The maximum Gasteiger partial charge on any atom is 0.272 e. The molecular weight excluding hydrogens is 320 g/mol. The van der Waals surface area contributed by atoms with Crippen molar-refractivity contribution in [3.8, 4) is 17.1 Å². The molecule has 0 spiro atoms. The van der Waals surface area contributed by atoms with Crippen LogP contribution in [0.15, 0.2) is 67.0 Å². The van der Waals surface area contributed by atoms with Crippen molar-refractivity contribution < 1.29 is 14.7 Å². The molecular formula is C18H14N4O3. The maximum atomic E-state index is 12.0. The van der Waals surface area contributed by atoms with Crippen LogP contribution in [0.1, 0.15) is 20.7 Å². The molecule has 3 aromatic rings. The molecule has 0 fully saturated rings. The van der Waals surface area contributed by atoms with Gasteiger partial charge in [0.05, 0.1) is 5.56 Å². The van der Waals surface area contributed by atoms with Crippen LogP contribution in [0.2, 0.25) is 0 Å². The number of carbonyl (C=O) groups excluding carboxylic acids is 2. The summed E-state index contributed by atoms with van der Waals surface area (Å²) in [4.78, 5) is 32.2. The molecule has 3 N–H and O–H groups in total. The molecule has 0 saturated carbocycles. The van der Waals surface area contributed by atoms with Gasteiger partial charge in [0.15, 0.2) is 5.82 Å². The smallest absolute Gasteiger partial charge is 0.272 e. The molecule has 2 amide bonds. The average molecular weight is 334 g/mol. The largest absolute Gasteiger partial charge is 0.508 e. The second-order valence-corrected chi connectivity index (χ2v) is 5.12. The summed E-state index contributed by atoms with van der Waals surface area (Å²) >= 11 is 0. The Labute approximate surface area is 143 Å². The molecule has 0 atom stereocenters. The van der Waals surface area contributed by atoms with E-state index in [0.717, 1.165) is 5.56 Å². The highest BCUT2D eigenvalue weighted by atomic mass is 16.3. The minimum absolute atomic E-state index is 0.0381. The van der Waals surface area contributed by atoms with Gasteiger partial charge in [-0.05, 0) is 18.2 Å². The lowest BCUT2D eigenvalue weighted by atomic mass is 10.2. The first kappa shape index (κ1) is 16.1. The lowest BCUT2D eigenvalue weighted by molar-refractivity contribution is 0.0846. The van der Waals surface area contributed by atoms with Crippen LogP contribution in [-0.2, 0) is 0 Å². The van der Waals surface area contributed by atoms with E-state index in [2.05, 4.69) is 20.8 Å². The van der Waals surface area contributed by atoms with Gasteiger partial charge in [0, 0.05) is 23.5 Å². The van der Waals surface area contributed by atoms with Gasteiger partial charge in [0.2, 0.25) is 0 Å². The zero-order valence-corrected chi connectivity index (χ0v) is 13.0. The van der Waals surface area contributed by atoms with Crippen LogP contribution in [0.3, 0.4) is 0 Å². The van der Waals surface area contributed by atoms with Crippen molar-refractivity contribution in [2.45, 2.75) is 0 Å². The van der Waals surface area contributed by atoms with Crippen LogP contribution >= 0.6 is 0 Å². The van der Waals surface area contributed by atoms with Crippen molar-refractivity contribution in [3.05, 3.63) is 78.1 Å². The first-order valence-electron chi connectivity index (χ1n) is 7.40. The zero-order valence-electron chi connectivity index (χ0n) is 13.0. The minimum atomic E-state index is -0.550. The molecule has 7 heteroatoms. The summed E-state index contributed by atoms with van der Waals surface area (Å²) < 4.78 is 0. The number of phenolic OH excluding ortho intramolecular Hbond substituents is 1. The van der Waals surface area contributed by atoms with Gasteiger partial charge in [0.25, 0.3) is 11.8 Å². The van der Waals surface area contributed by atoms with E-state index >= 15 is 0 Å². The SMILES string of the molecule is O=C(NNC(=O)c1cccc(O)c1)c1cnc(-c2ccccc2)nc1. The Bertz CT molecular complexity index is 896. The average Bonchev–Trinajstić information content (AvgIpc) is 2.66. The fourth-order valence-electron chi connectivity index (χ4n) is 2.09. The Balaban J connectivity index is 1.63. The van der Waals surface area contributed by atoms with Gasteiger partial charge in [-0.1, -0.05) is 36.4 Å². The van der Waals surface area contributed by atoms with E-state index in [9.17, 15) is 14.7 Å². The number of carbonyl (C=O) groups is 2. The third-order valence-corrected chi connectivity index (χ3v) is 3.34. The fourth-order valence-corrected chi connectivity index (χ4v) is 2.09. The number of nitrogens with zero attached hydrogens (tertiary/aromatic N) is 2. The summed E-state index contributed by atoms with van der Waals surface area (Å²) in [6, 6.07) is 15.1. The molecule has 25 heavy (non-hydrogen) atoms. The van der Waals surface area contributed by atoms with Gasteiger partial charge in [0.1, 0.15) is 5.75 Å². The number of hydrogen-bond acceptors (Lipinski definition) is 5. The van der Waals surface area contributed by atoms with E-state index in [4.69, 9.17) is 0 Å². The van der Waals surface area contributed by atoms with Crippen LogP contribution < -0.4 is 10.9 Å². The molecule has 0 bridgehead atoms. The second kappa shape index (κ2) is 7.22. The molecule has 7 nitrogen and oxygen atoms in total. The molecule has 0 unspecified atom stereocenters. The fraction of sp³-hybridized carbons (Fsp3) is 0. The van der Waals surface area contributed by atoms with Crippen molar-refractivity contribution >= 4 is 11.8 Å². The topological polar surface area (TPSA) is 104 Å². The highest BCUT2D eigenvalue weighted by Crippen LogP contribution is 2.13. The first-order valence-corrected chi connectivity index (χ1v) is 7.40. The molecule has 2 aromatic carbocycles. The highest BCUT2D eigenvalue weighted by Gasteiger charge is 2.11. The summed E-state index contributed by atoms with van der Waals surface area (Å²) in [6.45, 7) is 0. The van der Waals surface area contributed by atoms with E-state index in [1.165, 1.54) is 36.7 Å². The monoisotopic (exact) mass is 334 g/mol. The van der Waals surface area contributed by atoms with Gasteiger partial charge in [-0.25, -0.2) is 9.97 Å². The summed E-state index contributed by atoms with van der Waals surface area (Å²) in [7, 11) is 0. The van der Waals surface area contributed by atoms with Gasteiger partial charge in [-0.2, -0.15) is 0 Å². The summed E-state index contributed by atoms with van der Waals surface area (Å²) in [5.41, 5.74) is 5.80. The van der Waals surface area contributed by atoms with Gasteiger partial charge in [-0.15, -0.1) is 0 Å². The zero-order chi connectivity index (χ0) is 17.6. The van der Waals surface area contributed by atoms with Crippen LogP contribution in [0, 0.1) is 0 Å². The molecule has 3 rings (SSSR count). The highest BCUT2D eigenvalue weighted by molar-refractivity contribution is 5.99. The van der Waals surface area contributed by atoms with Crippen LogP contribution in [0.4, 0.5) is 0 Å². The predicted molar refractivity (Wildman–Crippen MR) is 90.5 cm³/mol. The van der Waals surface area contributed by atoms with Crippen LogP contribution in [-0.4, -0.2) is 26.9 Å². The van der Waals surface area contributed by atoms with Crippen molar-refractivity contribution in [1.29, 1.82) is 0 Å². The maximum absolute atomic E-state index is 12.0. The van der Waals surface area contributed by atoms with Crippen molar-refractivity contribution in [1.82, 2.24) is 20.8 Å². The lowest BCUT2D eigenvalue weighted by Gasteiger charge is -2.07. The molecule has 0 aliphatic rings. The van der Waals surface area contributed by atoms with E-state index in [1.807, 2.05) is 30.3 Å². The predicted octanol–water partition coefficient (Wildman–Crippen LogP) is 1.92. The molecule has 1 heterocycles. The number of amides is 2. The molecule has 0 aliphatic heterocycles. The number of rotatable bonds is 3. The van der Waals surface area contributed by atoms with Crippen LogP contribution in [0.25, 0.3) is 11.4 Å². The molecule has 0 aliphatic carbocycles. The Morgan fingerprint density at radius 2 is 1.44 bits per heavy atom. The van der Waals surface area contributed by atoms with Crippen LogP contribution in [0.5, 0.6) is 5.75 Å². The lowest BCUT2D eigenvalue weighted by Crippen LogP contribution is -2.41. The second-order valence-electron chi connectivity index (χ2n) is 5.12. The van der Waals surface area contributed by atoms with E-state index in [0.29, 0.717) is 5.82 Å². The van der Waals surface area contributed by atoms with Crippen molar-refractivity contribution in [3.63, 3.8) is 0 Å². The third kappa shape index (κ3) is 3.97. The summed E-state index contributed by atoms with van der Waals surface area (Å²) in [6.07, 6.45) is 2.76. The molecule has 0 saturated heterocycles. The number of hydrogen-bond donors (Lipinski definition) is 3. The summed E-state index contributed by atoms with van der Waals surface area (Å²) in [5, 5.41) is 9.35. The number of phenols is 1. The number of hydrazine groups is 1. The Hall–Kier alpha value is -3.74. The molecule has 0 radical (unpaired) electrons. The number of aromatic nitrogens is 2. The Morgan fingerprint density at radius 3 is 2.08 bits per heavy atom. The Morgan fingerprint density at radius 1 is 0.800 bits per heavy atom. The van der Waals surface area contributed by atoms with Crippen molar-refractivity contribution in [2.24, 2.45) is 0 Å². The van der Waals surface area contributed by atoms with E-state index < -0.39 is 11.8 Å². The quantitative estimate of drug-likeness (QED) is 0.635. The normalized spacial score (nSPS) is 10.1. The van der Waals surface area contributed by atoms with E-state index in [-0.39, 0.29) is 16.9 Å². The van der Waals surface area contributed by atoms with Gasteiger partial charge in [-0.3, -0.25) is 20.4 Å².